The second-order valence-electron chi connectivity index (χ2n) is 7.87. The number of ether oxygens (including phenoxy) is 1. The molecule has 0 saturated carbocycles. The summed E-state index contributed by atoms with van der Waals surface area (Å²) in [7, 11) is 3.51. The van der Waals surface area contributed by atoms with E-state index in [0.717, 1.165) is 40.4 Å². The van der Waals surface area contributed by atoms with Crippen LogP contribution >= 0.6 is 0 Å². The minimum atomic E-state index is -4.91. The van der Waals surface area contributed by atoms with Crippen LogP contribution in [-0.4, -0.2) is 39.1 Å². The average Bonchev–Trinajstić information content (AvgIpc) is 3.32. The van der Waals surface area contributed by atoms with Crippen LogP contribution in [0.1, 0.15) is 27.4 Å². The van der Waals surface area contributed by atoms with Crippen molar-refractivity contribution in [3.63, 3.8) is 0 Å². The normalized spacial score (nSPS) is 11.7. The highest BCUT2D eigenvalue weighted by molar-refractivity contribution is 5.95. The van der Waals surface area contributed by atoms with Crippen molar-refractivity contribution in [2.24, 2.45) is 7.05 Å². The van der Waals surface area contributed by atoms with Gasteiger partial charge in [-0.25, -0.2) is 9.37 Å². The van der Waals surface area contributed by atoms with Crippen LogP contribution in [0.3, 0.4) is 0 Å². The smallest absolute Gasteiger partial charge is 0.406 e. The van der Waals surface area contributed by atoms with Crippen molar-refractivity contribution in [3.05, 3.63) is 64.9 Å². The highest BCUT2D eigenvalue weighted by Crippen LogP contribution is 2.27. The van der Waals surface area contributed by atoms with E-state index in [0.29, 0.717) is 18.1 Å². The van der Waals surface area contributed by atoms with Gasteiger partial charge in [-0.3, -0.25) is 9.89 Å². The van der Waals surface area contributed by atoms with Gasteiger partial charge in [0.15, 0.2) is 0 Å². The van der Waals surface area contributed by atoms with E-state index in [-0.39, 0.29) is 17.8 Å². The fraction of sp³-hybridized carbons (Fsp3) is 0.261. The molecule has 1 amide bonds. The minimum Gasteiger partial charge on any atom is -0.406 e. The van der Waals surface area contributed by atoms with Crippen molar-refractivity contribution >= 4 is 16.8 Å². The number of carbonyl (C=O) groups is 1. The van der Waals surface area contributed by atoms with Crippen molar-refractivity contribution in [2.75, 3.05) is 7.05 Å². The molecule has 0 radical (unpaired) electrons. The zero-order valence-corrected chi connectivity index (χ0v) is 19.0. The maximum absolute atomic E-state index is 14.1. The summed E-state index contributed by atoms with van der Waals surface area (Å²) in [6.07, 6.45) is -4.91. The molecule has 2 aromatic heterocycles. The Bertz CT molecular complexity index is 1390. The molecular weight excluding hydrogens is 468 g/mol. The van der Waals surface area contributed by atoms with Crippen LogP contribution in [0.4, 0.5) is 17.6 Å². The Morgan fingerprint density at radius 2 is 1.94 bits per heavy atom. The van der Waals surface area contributed by atoms with Crippen molar-refractivity contribution < 1.29 is 27.1 Å². The number of H-pyrrole nitrogens is 1. The summed E-state index contributed by atoms with van der Waals surface area (Å²) in [5, 5.41) is 13.8. The molecular formula is C23H22F4N6O2. The molecule has 0 atom stereocenters. The number of aromatic amines is 1. The van der Waals surface area contributed by atoms with Gasteiger partial charge >= 0.3 is 6.36 Å². The zero-order chi connectivity index (χ0) is 25.3. The number of benzene rings is 2. The van der Waals surface area contributed by atoms with Gasteiger partial charge < -0.3 is 19.9 Å². The van der Waals surface area contributed by atoms with Crippen molar-refractivity contribution in [2.45, 2.75) is 26.4 Å². The number of hydrogen-bond donors (Lipinski definition) is 3. The van der Waals surface area contributed by atoms with E-state index in [1.165, 1.54) is 0 Å². The molecule has 0 aliphatic rings. The van der Waals surface area contributed by atoms with E-state index in [1.54, 1.807) is 18.5 Å². The number of fused-ring (bicyclic) bond motifs is 1. The lowest BCUT2D eigenvalue weighted by Gasteiger charge is -2.12. The largest absolute Gasteiger partial charge is 0.573 e. The topological polar surface area (TPSA) is 96.9 Å². The van der Waals surface area contributed by atoms with Gasteiger partial charge in [0.1, 0.15) is 23.1 Å². The first-order valence-corrected chi connectivity index (χ1v) is 10.5. The molecule has 8 nitrogen and oxygen atoms in total. The van der Waals surface area contributed by atoms with Crippen LogP contribution in [-0.2, 0) is 20.1 Å². The van der Waals surface area contributed by atoms with Gasteiger partial charge in [0.25, 0.3) is 5.91 Å². The molecule has 3 N–H and O–H groups in total. The van der Waals surface area contributed by atoms with Crippen LogP contribution in [0, 0.1) is 12.7 Å². The molecule has 184 valence electrons. The Balaban J connectivity index is 1.55. The number of halogens is 4. The van der Waals surface area contributed by atoms with Gasteiger partial charge in [-0.15, -0.1) is 13.2 Å². The van der Waals surface area contributed by atoms with Crippen LogP contribution in [0.15, 0.2) is 36.4 Å². The lowest BCUT2D eigenvalue weighted by Crippen LogP contribution is -2.26. The molecule has 4 rings (SSSR count). The predicted octanol–water partition coefficient (Wildman–Crippen LogP) is 3.96. The molecule has 0 aliphatic carbocycles. The third-order valence-corrected chi connectivity index (χ3v) is 5.42. The monoisotopic (exact) mass is 490 g/mol. The predicted molar refractivity (Wildman–Crippen MR) is 120 cm³/mol. The lowest BCUT2D eigenvalue weighted by molar-refractivity contribution is -0.274. The number of imidazole rings is 1. The second kappa shape index (κ2) is 9.37. The molecule has 0 fully saturated rings. The quantitative estimate of drug-likeness (QED) is 0.341. The Morgan fingerprint density at radius 1 is 1.17 bits per heavy atom. The Kier molecular flexibility index (Phi) is 6.48. The Morgan fingerprint density at radius 3 is 2.66 bits per heavy atom. The van der Waals surface area contributed by atoms with Crippen LogP contribution < -0.4 is 15.4 Å². The van der Waals surface area contributed by atoms with E-state index in [4.69, 9.17) is 0 Å². The molecule has 12 heteroatoms. The molecule has 4 aromatic rings. The number of alkyl halides is 3. The number of carbonyl (C=O) groups excluding carboxylic acids is 1. The molecule has 0 aliphatic heterocycles. The van der Waals surface area contributed by atoms with Crippen LogP contribution in [0.5, 0.6) is 5.75 Å². The molecule has 0 spiro atoms. The Labute approximate surface area is 197 Å². The van der Waals surface area contributed by atoms with Crippen molar-refractivity contribution in [3.8, 4) is 17.1 Å². The third kappa shape index (κ3) is 5.11. The minimum absolute atomic E-state index is 0.151. The molecule has 2 aromatic carbocycles. The zero-order valence-electron chi connectivity index (χ0n) is 19.0. The summed E-state index contributed by atoms with van der Waals surface area (Å²) >= 11 is 0. The maximum atomic E-state index is 14.1. The summed E-state index contributed by atoms with van der Waals surface area (Å²) in [6, 6.07) is 8.29. The second-order valence-corrected chi connectivity index (χ2v) is 7.87. The highest BCUT2D eigenvalue weighted by Gasteiger charge is 2.31. The van der Waals surface area contributed by atoms with E-state index in [2.05, 4.69) is 30.6 Å². The molecule has 0 unspecified atom stereocenters. The van der Waals surface area contributed by atoms with Gasteiger partial charge in [0.2, 0.25) is 0 Å². The first-order valence-electron chi connectivity index (χ1n) is 10.5. The van der Waals surface area contributed by atoms with Gasteiger partial charge in [-0.1, -0.05) is 12.1 Å². The van der Waals surface area contributed by atoms with E-state index in [1.807, 2.05) is 25.2 Å². The Hall–Kier alpha value is -3.93. The first kappa shape index (κ1) is 24.2. The molecule has 0 bridgehead atoms. The van der Waals surface area contributed by atoms with Gasteiger partial charge in [-0.05, 0) is 38.2 Å². The number of nitrogens with one attached hydrogen (secondary N) is 3. The summed E-state index contributed by atoms with van der Waals surface area (Å²) in [5.74, 6) is -1.36. The van der Waals surface area contributed by atoms with E-state index in [9.17, 15) is 22.4 Å². The van der Waals surface area contributed by atoms with Gasteiger partial charge in [0.05, 0.1) is 16.9 Å². The van der Waals surface area contributed by atoms with E-state index >= 15 is 0 Å². The van der Waals surface area contributed by atoms with Crippen LogP contribution in [0.25, 0.3) is 22.3 Å². The number of nitrogens with zero attached hydrogens (tertiary/aromatic N) is 3. The van der Waals surface area contributed by atoms with Gasteiger partial charge in [0, 0.05) is 36.7 Å². The SMILES string of the molecule is CNCc1n[nH]c2cc(-c3nc(C)c(C(=O)NCc4cc(OC(F)(F)F)ccc4F)n3C)ccc12. The molecule has 2 heterocycles. The van der Waals surface area contributed by atoms with Crippen LogP contribution in [0.2, 0.25) is 0 Å². The summed E-state index contributed by atoms with van der Waals surface area (Å²) in [5.41, 5.74) is 2.98. The standard InChI is InChI=1S/C23H22F4N6O2/c1-12-20(22(34)29-10-14-8-15(5-7-17(14)24)35-23(25,26)27)33(3)21(30-12)13-4-6-16-18(9-13)31-32-19(16)11-28-2/h4-9,28H,10-11H2,1-3H3,(H,29,34)(H,31,32). The number of aryl methyl sites for hydroxylation is 1. The fourth-order valence-electron chi connectivity index (χ4n) is 3.87. The van der Waals surface area contributed by atoms with E-state index < -0.39 is 23.8 Å². The summed E-state index contributed by atoms with van der Waals surface area (Å²) < 4.78 is 56.9. The summed E-state index contributed by atoms with van der Waals surface area (Å²) in [4.78, 5) is 17.4. The average molecular weight is 490 g/mol. The van der Waals surface area contributed by atoms with Crippen molar-refractivity contribution in [1.82, 2.24) is 30.4 Å². The lowest BCUT2D eigenvalue weighted by atomic mass is 10.1. The molecule has 0 saturated heterocycles. The molecule has 35 heavy (non-hydrogen) atoms. The fourth-order valence-corrected chi connectivity index (χ4v) is 3.87. The highest BCUT2D eigenvalue weighted by atomic mass is 19.4. The van der Waals surface area contributed by atoms with Crippen molar-refractivity contribution in [1.29, 1.82) is 0 Å². The van der Waals surface area contributed by atoms with Gasteiger partial charge in [-0.2, -0.15) is 5.10 Å². The number of amides is 1. The maximum Gasteiger partial charge on any atom is 0.573 e. The third-order valence-electron chi connectivity index (χ3n) is 5.42. The number of hydrogen-bond acceptors (Lipinski definition) is 5. The first-order chi connectivity index (χ1) is 16.6. The summed E-state index contributed by atoms with van der Waals surface area (Å²) in [6.45, 7) is 1.93. The number of aromatic nitrogens is 4. The number of rotatable bonds is 7.